The Bertz CT molecular complexity index is 372. The van der Waals surface area contributed by atoms with Crippen LogP contribution in [0.3, 0.4) is 0 Å². The van der Waals surface area contributed by atoms with Crippen molar-refractivity contribution in [2.75, 3.05) is 13.2 Å². The molecule has 2 atom stereocenters. The predicted molar refractivity (Wildman–Crippen MR) is 84.4 cm³/mol. The number of rotatable bonds is 9. The third kappa shape index (κ3) is 5.51. The highest BCUT2D eigenvalue weighted by Crippen LogP contribution is 2.22. The summed E-state index contributed by atoms with van der Waals surface area (Å²) in [6.45, 7) is 9.34. The molecule has 0 amide bonds. The van der Waals surface area contributed by atoms with Gasteiger partial charge in [-0.1, -0.05) is 38.5 Å². The molecule has 0 aromatic heterocycles. The van der Waals surface area contributed by atoms with Crippen molar-refractivity contribution in [3.05, 3.63) is 29.3 Å². The lowest BCUT2D eigenvalue weighted by atomic mass is 10.1. The first-order chi connectivity index (χ1) is 9.58. The predicted octanol–water partition coefficient (Wildman–Crippen LogP) is 3.21. The summed E-state index contributed by atoms with van der Waals surface area (Å²) in [4.78, 5) is 0. The zero-order chi connectivity index (χ0) is 15.0. The number of nitrogens with one attached hydrogen (secondary N) is 1. The van der Waals surface area contributed by atoms with Crippen LogP contribution in [0.15, 0.2) is 18.2 Å². The zero-order valence-electron chi connectivity index (χ0n) is 13.3. The molecule has 2 N–H and O–H groups in total. The Kier molecular flexibility index (Phi) is 7.63. The molecule has 0 saturated carbocycles. The van der Waals surface area contributed by atoms with E-state index in [2.05, 4.69) is 19.2 Å². The van der Waals surface area contributed by atoms with E-state index in [1.807, 2.05) is 32.0 Å². The Morgan fingerprint density at radius 3 is 2.40 bits per heavy atom. The van der Waals surface area contributed by atoms with E-state index in [0.29, 0.717) is 19.2 Å². The van der Waals surface area contributed by atoms with Crippen LogP contribution < -0.4 is 10.1 Å². The second kappa shape index (κ2) is 8.98. The molecule has 0 spiro atoms. The van der Waals surface area contributed by atoms with Gasteiger partial charge < -0.3 is 15.2 Å². The third-order valence-corrected chi connectivity index (χ3v) is 3.60. The minimum atomic E-state index is -0.472. The molecule has 0 radical (unpaired) electrons. The van der Waals surface area contributed by atoms with E-state index in [1.165, 1.54) is 6.42 Å². The first-order valence-corrected chi connectivity index (χ1v) is 7.68. The van der Waals surface area contributed by atoms with E-state index in [1.54, 1.807) is 0 Å². The van der Waals surface area contributed by atoms with Crippen LogP contribution in [0.2, 0.25) is 0 Å². The highest BCUT2D eigenvalue weighted by molar-refractivity contribution is 5.39. The standard InChI is InChI=1S/C17H29NO2/c1-5-8-15(6-2)18-11-16(19)12-20-17-13(3)9-7-10-14(17)4/h7,9-10,15-16,18-19H,5-6,8,11-12H2,1-4H3. The number of aliphatic hydroxyl groups excluding tert-OH is 1. The van der Waals surface area contributed by atoms with Crippen molar-refractivity contribution in [2.45, 2.75) is 59.1 Å². The Morgan fingerprint density at radius 1 is 1.20 bits per heavy atom. The molecule has 20 heavy (non-hydrogen) atoms. The summed E-state index contributed by atoms with van der Waals surface area (Å²) in [6, 6.07) is 6.57. The molecule has 0 fully saturated rings. The van der Waals surface area contributed by atoms with Crippen LogP contribution in [-0.2, 0) is 0 Å². The van der Waals surface area contributed by atoms with Gasteiger partial charge in [-0.2, -0.15) is 0 Å². The summed E-state index contributed by atoms with van der Waals surface area (Å²) in [7, 11) is 0. The molecular weight excluding hydrogens is 250 g/mol. The van der Waals surface area contributed by atoms with Gasteiger partial charge in [-0.05, 0) is 37.8 Å². The lowest BCUT2D eigenvalue weighted by Crippen LogP contribution is -2.37. The van der Waals surface area contributed by atoms with Crippen LogP contribution in [0.4, 0.5) is 0 Å². The van der Waals surface area contributed by atoms with Gasteiger partial charge in [0, 0.05) is 12.6 Å². The molecule has 1 aromatic rings. The molecule has 0 aliphatic carbocycles. The second-order valence-electron chi connectivity index (χ2n) is 5.49. The van der Waals surface area contributed by atoms with E-state index < -0.39 is 6.10 Å². The van der Waals surface area contributed by atoms with Gasteiger partial charge in [-0.15, -0.1) is 0 Å². The molecule has 0 bridgehead atoms. The van der Waals surface area contributed by atoms with Gasteiger partial charge in [0.2, 0.25) is 0 Å². The first kappa shape index (κ1) is 17.0. The molecule has 1 rings (SSSR count). The fourth-order valence-electron chi connectivity index (χ4n) is 2.37. The maximum Gasteiger partial charge on any atom is 0.125 e. The minimum absolute atomic E-state index is 0.335. The van der Waals surface area contributed by atoms with Crippen molar-refractivity contribution in [3.63, 3.8) is 0 Å². The normalized spacial score (nSPS) is 14.1. The largest absolute Gasteiger partial charge is 0.490 e. The fraction of sp³-hybridized carbons (Fsp3) is 0.647. The smallest absolute Gasteiger partial charge is 0.125 e. The Balaban J connectivity index is 2.38. The zero-order valence-corrected chi connectivity index (χ0v) is 13.3. The van der Waals surface area contributed by atoms with Gasteiger partial charge in [-0.25, -0.2) is 0 Å². The van der Waals surface area contributed by atoms with Gasteiger partial charge in [0.25, 0.3) is 0 Å². The van der Waals surface area contributed by atoms with E-state index in [4.69, 9.17) is 4.74 Å². The van der Waals surface area contributed by atoms with Crippen LogP contribution in [0.25, 0.3) is 0 Å². The van der Waals surface area contributed by atoms with Crippen LogP contribution in [-0.4, -0.2) is 30.4 Å². The van der Waals surface area contributed by atoms with E-state index in [9.17, 15) is 5.11 Å². The number of hydrogen-bond donors (Lipinski definition) is 2. The number of aryl methyl sites for hydroxylation is 2. The average molecular weight is 279 g/mol. The van der Waals surface area contributed by atoms with Gasteiger partial charge in [0.05, 0.1) is 0 Å². The number of aliphatic hydroxyl groups is 1. The maximum absolute atomic E-state index is 10.0. The van der Waals surface area contributed by atoms with E-state index >= 15 is 0 Å². The van der Waals surface area contributed by atoms with Crippen molar-refractivity contribution in [3.8, 4) is 5.75 Å². The summed E-state index contributed by atoms with van der Waals surface area (Å²) in [6.07, 6.45) is 2.94. The van der Waals surface area contributed by atoms with Crippen molar-refractivity contribution in [2.24, 2.45) is 0 Å². The molecule has 0 aliphatic heterocycles. The highest BCUT2D eigenvalue weighted by Gasteiger charge is 2.11. The summed E-state index contributed by atoms with van der Waals surface area (Å²) >= 11 is 0. The first-order valence-electron chi connectivity index (χ1n) is 7.68. The monoisotopic (exact) mass is 279 g/mol. The minimum Gasteiger partial charge on any atom is -0.490 e. The van der Waals surface area contributed by atoms with Gasteiger partial charge in [0.15, 0.2) is 0 Å². The Morgan fingerprint density at radius 2 is 1.85 bits per heavy atom. The Hall–Kier alpha value is -1.06. The number of ether oxygens (including phenoxy) is 1. The summed E-state index contributed by atoms with van der Waals surface area (Å²) in [5, 5.41) is 13.4. The van der Waals surface area contributed by atoms with Crippen molar-refractivity contribution in [1.82, 2.24) is 5.32 Å². The molecule has 0 saturated heterocycles. The Labute approximate surface area is 123 Å². The van der Waals surface area contributed by atoms with E-state index in [-0.39, 0.29) is 0 Å². The molecule has 0 heterocycles. The van der Waals surface area contributed by atoms with Gasteiger partial charge >= 0.3 is 0 Å². The van der Waals surface area contributed by atoms with Gasteiger partial charge in [-0.3, -0.25) is 0 Å². The maximum atomic E-state index is 10.0. The van der Waals surface area contributed by atoms with Crippen LogP contribution in [0.5, 0.6) is 5.75 Å². The van der Waals surface area contributed by atoms with Crippen molar-refractivity contribution in [1.29, 1.82) is 0 Å². The molecule has 0 aliphatic rings. The number of hydrogen-bond acceptors (Lipinski definition) is 3. The fourth-order valence-corrected chi connectivity index (χ4v) is 2.37. The molecule has 1 aromatic carbocycles. The van der Waals surface area contributed by atoms with Gasteiger partial charge in [0.1, 0.15) is 18.5 Å². The average Bonchev–Trinajstić information content (AvgIpc) is 2.42. The molecular formula is C17H29NO2. The topological polar surface area (TPSA) is 41.5 Å². The SMILES string of the molecule is CCCC(CC)NCC(O)COc1c(C)cccc1C. The summed E-state index contributed by atoms with van der Waals surface area (Å²) in [5.41, 5.74) is 2.23. The molecule has 2 unspecified atom stereocenters. The lowest BCUT2D eigenvalue weighted by Gasteiger charge is -2.20. The number of benzene rings is 1. The second-order valence-corrected chi connectivity index (χ2v) is 5.49. The molecule has 3 heteroatoms. The lowest BCUT2D eigenvalue weighted by molar-refractivity contribution is 0.102. The van der Waals surface area contributed by atoms with Crippen LogP contribution in [0.1, 0.15) is 44.2 Å². The van der Waals surface area contributed by atoms with Crippen molar-refractivity contribution >= 4 is 0 Å². The highest BCUT2D eigenvalue weighted by atomic mass is 16.5. The number of para-hydroxylation sites is 1. The summed E-state index contributed by atoms with van der Waals surface area (Å²) < 4.78 is 5.77. The van der Waals surface area contributed by atoms with Crippen LogP contribution in [0, 0.1) is 13.8 Å². The summed E-state index contributed by atoms with van der Waals surface area (Å²) in [5.74, 6) is 0.896. The third-order valence-electron chi connectivity index (χ3n) is 3.60. The quantitative estimate of drug-likeness (QED) is 0.729. The van der Waals surface area contributed by atoms with E-state index in [0.717, 1.165) is 29.7 Å². The molecule has 3 nitrogen and oxygen atoms in total. The van der Waals surface area contributed by atoms with Crippen molar-refractivity contribution < 1.29 is 9.84 Å². The molecule has 114 valence electrons. The van der Waals surface area contributed by atoms with Crippen LogP contribution >= 0.6 is 0 Å².